The topological polar surface area (TPSA) is 42.5 Å². The molecule has 1 aromatic carbocycles. The molecule has 0 heterocycles. The molecule has 0 amide bonds. The largest absolute Gasteiger partial charge is 0.435 e. The fraction of sp³-hybridized carbons (Fsp3) is 0.533. The fourth-order valence-electron chi connectivity index (χ4n) is 1.55. The van der Waals surface area contributed by atoms with Gasteiger partial charge in [-0.15, -0.1) is 0 Å². The second-order valence-corrected chi connectivity index (χ2v) is 6.51. The van der Waals surface area contributed by atoms with Crippen LogP contribution in [-0.4, -0.2) is 24.4 Å². The van der Waals surface area contributed by atoms with Gasteiger partial charge in [-0.1, -0.05) is 20.8 Å². The highest BCUT2D eigenvalue weighted by Crippen LogP contribution is 2.31. The van der Waals surface area contributed by atoms with Gasteiger partial charge in [-0.2, -0.15) is 17.6 Å². The molecule has 9 heteroatoms. The van der Waals surface area contributed by atoms with Gasteiger partial charge in [0.2, 0.25) is 0 Å². The van der Waals surface area contributed by atoms with Crippen molar-refractivity contribution in [2.75, 3.05) is 5.32 Å². The van der Waals surface area contributed by atoms with Crippen molar-refractivity contribution in [3.63, 3.8) is 0 Å². The van der Waals surface area contributed by atoms with E-state index in [0.29, 0.717) is 0 Å². The van der Waals surface area contributed by atoms with Gasteiger partial charge < -0.3 is 20.1 Å². The molecule has 0 aromatic heterocycles. The molecule has 0 bridgehead atoms. The first kappa shape index (κ1) is 20.3. The number of anilines is 1. The molecule has 24 heavy (non-hydrogen) atoms. The summed E-state index contributed by atoms with van der Waals surface area (Å²) in [6.45, 7) is 1.75. The van der Waals surface area contributed by atoms with Crippen LogP contribution in [0.15, 0.2) is 18.2 Å². The number of alkyl halides is 4. The van der Waals surface area contributed by atoms with Crippen LogP contribution in [0.2, 0.25) is 0 Å². The maximum Gasteiger partial charge on any atom is 0.387 e. The molecule has 136 valence electrons. The molecule has 1 rings (SSSR count). The zero-order valence-electron chi connectivity index (χ0n) is 13.7. The van der Waals surface area contributed by atoms with Crippen LogP contribution in [0, 0.1) is 5.41 Å². The molecule has 0 radical (unpaired) electrons. The van der Waals surface area contributed by atoms with Gasteiger partial charge >= 0.3 is 13.2 Å². The number of nitrogens with one attached hydrogen (secondary N) is 2. The Hall–Kier alpha value is -1.77. The predicted octanol–water partition coefficient (Wildman–Crippen LogP) is 4.61. The number of rotatable bonds is 6. The van der Waals surface area contributed by atoms with Crippen LogP contribution < -0.4 is 20.1 Å². The Kier molecular flexibility index (Phi) is 7.07. The van der Waals surface area contributed by atoms with Crippen molar-refractivity contribution in [3.8, 4) is 11.5 Å². The quantitative estimate of drug-likeness (QED) is 0.567. The van der Waals surface area contributed by atoms with Crippen LogP contribution >= 0.6 is 12.2 Å². The van der Waals surface area contributed by atoms with Crippen LogP contribution in [0.25, 0.3) is 0 Å². The predicted molar refractivity (Wildman–Crippen MR) is 88.0 cm³/mol. The molecular weight excluding hydrogens is 348 g/mol. The summed E-state index contributed by atoms with van der Waals surface area (Å²) in [7, 11) is 0. The molecule has 1 aromatic rings. The van der Waals surface area contributed by atoms with E-state index in [1.807, 2.05) is 27.7 Å². The molecule has 0 aliphatic rings. The maximum atomic E-state index is 12.5. The Morgan fingerprint density at radius 2 is 1.67 bits per heavy atom. The van der Waals surface area contributed by atoms with Crippen molar-refractivity contribution in [2.24, 2.45) is 5.41 Å². The van der Waals surface area contributed by atoms with Gasteiger partial charge in [0, 0.05) is 12.1 Å². The lowest BCUT2D eigenvalue weighted by molar-refractivity contribution is -0.0539. The van der Waals surface area contributed by atoms with Crippen molar-refractivity contribution in [1.29, 1.82) is 0 Å². The van der Waals surface area contributed by atoms with Crippen LogP contribution in [0.5, 0.6) is 11.5 Å². The summed E-state index contributed by atoms with van der Waals surface area (Å²) in [4.78, 5) is 0. The smallest absolute Gasteiger partial charge is 0.387 e. The normalized spacial score (nSPS) is 12.9. The lowest BCUT2D eigenvalue weighted by atomic mass is 9.88. The molecular formula is C15H20F4N2O2S. The average molecular weight is 368 g/mol. The van der Waals surface area contributed by atoms with Gasteiger partial charge in [-0.3, -0.25) is 0 Å². The van der Waals surface area contributed by atoms with Crippen LogP contribution in [-0.2, 0) is 0 Å². The molecule has 4 nitrogen and oxygen atoms in total. The highest BCUT2D eigenvalue weighted by Gasteiger charge is 2.21. The first-order chi connectivity index (χ1) is 11.0. The van der Waals surface area contributed by atoms with Crippen LogP contribution in [0.4, 0.5) is 23.2 Å². The zero-order valence-corrected chi connectivity index (χ0v) is 14.5. The number of hydrogen-bond donors (Lipinski definition) is 2. The Labute approximate surface area is 143 Å². The van der Waals surface area contributed by atoms with Gasteiger partial charge in [0.25, 0.3) is 0 Å². The van der Waals surface area contributed by atoms with E-state index in [4.69, 9.17) is 12.2 Å². The van der Waals surface area contributed by atoms with E-state index in [1.54, 1.807) is 0 Å². The van der Waals surface area contributed by atoms with Crippen molar-refractivity contribution < 1.29 is 27.0 Å². The van der Waals surface area contributed by atoms with Crippen LogP contribution in [0.3, 0.4) is 0 Å². The van der Waals surface area contributed by atoms with Crippen molar-refractivity contribution in [3.05, 3.63) is 18.2 Å². The minimum absolute atomic E-state index is 0.00147. The second kappa shape index (κ2) is 8.36. The van der Waals surface area contributed by atoms with Gasteiger partial charge in [0.15, 0.2) is 10.9 Å². The minimum Gasteiger partial charge on any atom is -0.435 e. The van der Waals surface area contributed by atoms with Crippen molar-refractivity contribution >= 4 is 23.0 Å². The maximum absolute atomic E-state index is 12.5. The fourth-order valence-corrected chi connectivity index (χ4v) is 1.83. The number of hydrogen-bond acceptors (Lipinski definition) is 3. The van der Waals surface area contributed by atoms with E-state index < -0.39 is 13.2 Å². The third-order valence-electron chi connectivity index (χ3n) is 3.29. The van der Waals surface area contributed by atoms with Crippen LogP contribution in [0.1, 0.15) is 27.7 Å². The minimum atomic E-state index is -3.12. The van der Waals surface area contributed by atoms with Crippen molar-refractivity contribution in [2.45, 2.75) is 47.0 Å². The summed E-state index contributed by atoms with van der Waals surface area (Å²) in [6, 6.07) is 3.41. The van der Waals surface area contributed by atoms with E-state index in [9.17, 15) is 17.6 Å². The summed E-state index contributed by atoms with van der Waals surface area (Å²) >= 11 is 5.14. The van der Waals surface area contributed by atoms with E-state index in [-0.39, 0.29) is 33.8 Å². The molecule has 2 N–H and O–H groups in total. The lowest BCUT2D eigenvalue weighted by Crippen LogP contribution is -2.43. The molecule has 0 aliphatic heterocycles. The highest BCUT2D eigenvalue weighted by molar-refractivity contribution is 7.80. The van der Waals surface area contributed by atoms with E-state index >= 15 is 0 Å². The third kappa shape index (κ3) is 6.77. The molecule has 1 atom stereocenters. The average Bonchev–Trinajstić information content (AvgIpc) is 2.39. The number of benzene rings is 1. The first-order valence-corrected chi connectivity index (χ1v) is 7.51. The Morgan fingerprint density at radius 3 is 2.17 bits per heavy atom. The van der Waals surface area contributed by atoms with Gasteiger partial charge in [0.1, 0.15) is 5.75 Å². The highest BCUT2D eigenvalue weighted by atomic mass is 32.1. The van der Waals surface area contributed by atoms with E-state index in [2.05, 4.69) is 20.1 Å². The summed E-state index contributed by atoms with van der Waals surface area (Å²) in [5.41, 5.74) is 0.0266. The molecule has 0 saturated carbocycles. The number of thiocarbonyl (C=S) groups is 1. The number of halogens is 4. The van der Waals surface area contributed by atoms with Crippen molar-refractivity contribution in [1.82, 2.24) is 5.32 Å². The molecule has 0 saturated heterocycles. The van der Waals surface area contributed by atoms with E-state index in [1.165, 1.54) is 12.1 Å². The number of ether oxygens (including phenoxy) is 2. The Balaban J connectivity index is 2.90. The second-order valence-electron chi connectivity index (χ2n) is 6.10. The Morgan fingerprint density at radius 1 is 1.08 bits per heavy atom. The lowest BCUT2D eigenvalue weighted by Gasteiger charge is -2.29. The SMILES string of the molecule is C[C@H](NC(=S)Nc1ccc(OC(F)F)cc1OC(F)F)C(C)(C)C. The molecule has 0 fully saturated rings. The van der Waals surface area contributed by atoms with Gasteiger partial charge in [-0.05, 0) is 36.7 Å². The van der Waals surface area contributed by atoms with E-state index in [0.717, 1.165) is 6.07 Å². The standard InChI is InChI=1S/C15H20F4N2O2S/c1-8(15(2,3)4)20-14(24)21-10-6-5-9(22-12(16)17)7-11(10)23-13(18)19/h5-8,12-13H,1-4H3,(H2,20,21,24)/t8-/m0/s1. The third-order valence-corrected chi connectivity index (χ3v) is 3.51. The molecule has 0 aliphatic carbocycles. The summed E-state index contributed by atoms with van der Waals surface area (Å²) in [5, 5.41) is 5.93. The first-order valence-electron chi connectivity index (χ1n) is 7.10. The Bertz CT molecular complexity index is 565. The summed E-state index contributed by atoms with van der Waals surface area (Å²) in [6.07, 6.45) is 0. The molecule has 0 unspecified atom stereocenters. The van der Waals surface area contributed by atoms with Gasteiger partial charge in [-0.25, -0.2) is 0 Å². The summed E-state index contributed by atoms with van der Waals surface area (Å²) in [5.74, 6) is -0.649. The molecule has 0 spiro atoms. The zero-order chi connectivity index (χ0) is 18.5. The van der Waals surface area contributed by atoms with Gasteiger partial charge in [0.05, 0.1) is 5.69 Å². The monoisotopic (exact) mass is 368 g/mol. The summed E-state index contributed by atoms with van der Waals surface area (Å²) < 4.78 is 58.0.